The van der Waals surface area contributed by atoms with Gasteiger partial charge in [0.15, 0.2) is 0 Å². The summed E-state index contributed by atoms with van der Waals surface area (Å²) in [5, 5.41) is 0. The summed E-state index contributed by atoms with van der Waals surface area (Å²) in [6, 6.07) is 11.7. The third-order valence-corrected chi connectivity index (χ3v) is 5.98. The minimum Gasteiger partial charge on any atom is -0.369 e. The maximum atomic E-state index is 13.0. The Hall–Kier alpha value is -2.39. The van der Waals surface area contributed by atoms with Crippen LogP contribution in [0.4, 0.5) is 24.5 Å². The molecule has 2 fully saturated rings. The number of imide groups is 1. The van der Waals surface area contributed by atoms with Gasteiger partial charge >= 0.3 is 6.18 Å². The average Bonchev–Trinajstić information content (AvgIpc) is 3.01. The lowest BCUT2D eigenvalue weighted by Crippen LogP contribution is -2.52. The van der Waals surface area contributed by atoms with E-state index in [1.54, 1.807) is 24.3 Å². The molecule has 158 valence electrons. The molecule has 0 saturated carbocycles. The van der Waals surface area contributed by atoms with Gasteiger partial charge in [-0.3, -0.25) is 14.5 Å². The van der Waals surface area contributed by atoms with Gasteiger partial charge in [-0.15, -0.1) is 0 Å². The normalized spacial score (nSPS) is 20.9. The second-order valence-electron chi connectivity index (χ2n) is 7.34. The number of rotatable bonds is 3. The highest BCUT2D eigenvalue weighted by atomic mass is 79.9. The Morgan fingerprint density at radius 2 is 1.57 bits per heavy atom. The summed E-state index contributed by atoms with van der Waals surface area (Å²) >= 11 is 3.35. The van der Waals surface area contributed by atoms with Gasteiger partial charge in [-0.25, -0.2) is 4.90 Å². The number of carbonyl (C=O) groups excluding carboxylic acids is 2. The zero-order chi connectivity index (χ0) is 21.5. The first kappa shape index (κ1) is 20.9. The zero-order valence-corrected chi connectivity index (χ0v) is 17.5. The average molecular weight is 482 g/mol. The van der Waals surface area contributed by atoms with Gasteiger partial charge in [0.25, 0.3) is 5.91 Å². The molecule has 2 heterocycles. The molecule has 2 aliphatic rings. The SMILES string of the molecule is O=C1CC(N2CCN(c3cccc(C(F)(F)F)c3)CC2)C(=O)N1c1cccc(Br)c1. The van der Waals surface area contributed by atoms with Crippen LogP contribution in [0.1, 0.15) is 12.0 Å². The summed E-state index contributed by atoms with van der Waals surface area (Å²) in [6.07, 6.45) is -4.28. The van der Waals surface area contributed by atoms with Gasteiger partial charge in [0, 0.05) is 36.3 Å². The first-order chi connectivity index (χ1) is 14.2. The van der Waals surface area contributed by atoms with Crippen molar-refractivity contribution in [1.29, 1.82) is 0 Å². The molecule has 0 bridgehead atoms. The molecule has 30 heavy (non-hydrogen) atoms. The fourth-order valence-electron chi connectivity index (χ4n) is 3.96. The van der Waals surface area contributed by atoms with E-state index in [2.05, 4.69) is 15.9 Å². The zero-order valence-electron chi connectivity index (χ0n) is 15.9. The molecule has 0 spiro atoms. The summed E-state index contributed by atoms with van der Waals surface area (Å²) in [5.41, 5.74) is 0.363. The summed E-state index contributed by atoms with van der Waals surface area (Å²) < 4.78 is 39.7. The van der Waals surface area contributed by atoms with Crippen LogP contribution in [-0.2, 0) is 15.8 Å². The van der Waals surface area contributed by atoms with E-state index in [4.69, 9.17) is 0 Å². The van der Waals surface area contributed by atoms with Gasteiger partial charge in [0.1, 0.15) is 0 Å². The number of benzene rings is 2. The fourth-order valence-corrected chi connectivity index (χ4v) is 4.35. The van der Waals surface area contributed by atoms with E-state index in [1.165, 1.54) is 11.0 Å². The van der Waals surface area contributed by atoms with Crippen molar-refractivity contribution >= 4 is 39.1 Å². The third kappa shape index (κ3) is 4.09. The molecule has 9 heteroatoms. The second kappa shape index (κ2) is 8.03. The van der Waals surface area contributed by atoms with E-state index in [1.807, 2.05) is 15.9 Å². The first-order valence-electron chi connectivity index (χ1n) is 9.52. The highest BCUT2D eigenvalue weighted by Gasteiger charge is 2.43. The van der Waals surface area contributed by atoms with Crippen molar-refractivity contribution in [2.45, 2.75) is 18.6 Å². The molecular weight excluding hydrogens is 463 g/mol. The molecule has 2 aliphatic heterocycles. The number of hydrogen-bond acceptors (Lipinski definition) is 4. The Labute approximate surface area is 180 Å². The Bertz CT molecular complexity index is 974. The number of alkyl halides is 3. The van der Waals surface area contributed by atoms with Crippen LogP contribution in [0.5, 0.6) is 0 Å². The molecule has 0 radical (unpaired) electrons. The van der Waals surface area contributed by atoms with Gasteiger partial charge < -0.3 is 4.90 Å². The van der Waals surface area contributed by atoms with E-state index < -0.39 is 17.8 Å². The minimum absolute atomic E-state index is 0.106. The summed E-state index contributed by atoms with van der Waals surface area (Å²) in [7, 11) is 0. The molecule has 4 rings (SSSR count). The number of piperazine rings is 1. The number of anilines is 2. The number of carbonyl (C=O) groups is 2. The van der Waals surface area contributed by atoms with Crippen LogP contribution in [0.3, 0.4) is 0 Å². The maximum absolute atomic E-state index is 13.0. The standard InChI is InChI=1S/C21H19BrF3N3O2/c22-15-4-2-6-17(12-15)28-19(29)13-18(20(28)30)27-9-7-26(8-10-27)16-5-1-3-14(11-16)21(23,24)25/h1-6,11-12,18H,7-10,13H2. The number of halogens is 4. The van der Waals surface area contributed by atoms with Gasteiger partial charge in [0.2, 0.25) is 5.91 Å². The van der Waals surface area contributed by atoms with Gasteiger partial charge in [-0.05, 0) is 36.4 Å². The highest BCUT2D eigenvalue weighted by Crippen LogP contribution is 2.32. The molecule has 0 N–H and O–H groups in total. The van der Waals surface area contributed by atoms with Crippen molar-refractivity contribution in [3.05, 3.63) is 58.6 Å². The predicted octanol–water partition coefficient (Wildman–Crippen LogP) is 3.92. The minimum atomic E-state index is -4.38. The number of hydrogen-bond donors (Lipinski definition) is 0. The lowest BCUT2D eigenvalue weighted by molar-refractivity contribution is -0.137. The molecule has 2 saturated heterocycles. The van der Waals surface area contributed by atoms with Crippen molar-refractivity contribution in [3.63, 3.8) is 0 Å². The van der Waals surface area contributed by atoms with Crippen LogP contribution >= 0.6 is 15.9 Å². The van der Waals surface area contributed by atoms with E-state index in [-0.39, 0.29) is 18.2 Å². The van der Waals surface area contributed by atoms with Gasteiger partial charge in [-0.1, -0.05) is 28.1 Å². The lowest BCUT2D eigenvalue weighted by Gasteiger charge is -2.38. The van der Waals surface area contributed by atoms with E-state index in [9.17, 15) is 22.8 Å². The van der Waals surface area contributed by atoms with Crippen molar-refractivity contribution < 1.29 is 22.8 Å². The monoisotopic (exact) mass is 481 g/mol. The van der Waals surface area contributed by atoms with Crippen LogP contribution in [0, 0.1) is 0 Å². The quantitative estimate of drug-likeness (QED) is 0.623. The molecular formula is C21H19BrF3N3O2. The molecule has 0 aliphatic carbocycles. The third-order valence-electron chi connectivity index (χ3n) is 5.48. The van der Waals surface area contributed by atoms with Gasteiger partial charge in [0.05, 0.1) is 23.7 Å². The lowest BCUT2D eigenvalue weighted by atomic mass is 10.1. The van der Waals surface area contributed by atoms with E-state index >= 15 is 0 Å². The molecule has 1 unspecified atom stereocenters. The number of amides is 2. The Morgan fingerprint density at radius 1 is 0.900 bits per heavy atom. The topological polar surface area (TPSA) is 43.9 Å². The number of nitrogens with zero attached hydrogens (tertiary/aromatic N) is 3. The summed E-state index contributed by atoms with van der Waals surface area (Å²) in [6.45, 7) is 1.95. The Balaban J connectivity index is 1.44. The maximum Gasteiger partial charge on any atom is 0.416 e. The van der Waals surface area contributed by atoms with E-state index in [0.29, 0.717) is 37.6 Å². The largest absolute Gasteiger partial charge is 0.416 e. The summed E-state index contributed by atoms with van der Waals surface area (Å²) in [4.78, 5) is 30.5. The molecule has 5 nitrogen and oxygen atoms in total. The van der Waals surface area contributed by atoms with Crippen molar-refractivity contribution in [2.24, 2.45) is 0 Å². The molecule has 2 aromatic carbocycles. The Morgan fingerprint density at radius 3 is 2.23 bits per heavy atom. The van der Waals surface area contributed by atoms with Crippen molar-refractivity contribution in [3.8, 4) is 0 Å². The molecule has 0 aromatic heterocycles. The van der Waals surface area contributed by atoms with Crippen molar-refractivity contribution in [2.75, 3.05) is 36.0 Å². The van der Waals surface area contributed by atoms with Gasteiger partial charge in [-0.2, -0.15) is 13.2 Å². The van der Waals surface area contributed by atoms with E-state index in [0.717, 1.165) is 16.6 Å². The Kier molecular flexibility index (Phi) is 5.59. The second-order valence-corrected chi connectivity index (χ2v) is 8.25. The van der Waals surface area contributed by atoms with Crippen LogP contribution < -0.4 is 9.80 Å². The molecule has 2 amide bonds. The highest BCUT2D eigenvalue weighted by molar-refractivity contribution is 9.10. The van der Waals surface area contributed by atoms with Crippen LogP contribution in [0.15, 0.2) is 53.0 Å². The van der Waals surface area contributed by atoms with Crippen LogP contribution in [0.25, 0.3) is 0 Å². The first-order valence-corrected chi connectivity index (χ1v) is 10.3. The smallest absolute Gasteiger partial charge is 0.369 e. The predicted molar refractivity (Wildman–Crippen MR) is 110 cm³/mol. The van der Waals surface area contributed by atoms with Crippen LogP contribution in [-0.4, -0.2) is 48.9 Å². The molecule has 2 aromatic rings. The fraction of sp³-hybridized carbons (Fsp3) is 0.333. The van der Waals surface area contributed by atoms with Crippen molar-refractivity contribution in [1.82, 2.24) is 4.90 Å². The summed E-state index contributed by atoms with van der Waals surface area (Å²) in [5.74, 6) is -0.506. The molecule has 1 atom stereocenters. The van der Waals surface area contributed by atoms with Crippen LogP contribution in [0.2, 0.25) is 0 Å².